The quantitative estimate of drug-likeness (QED) is 0.228. The van der Waals surface area contributed by atoms with Crippen molar-refractivity contribution in [3.63, 3.8) is 0 Å². The van der Waals surface area contributed by atoms with Gasteiger partial charge in [-0.2, -0.15) is 4.90 Å². The first-order valence-electron chi connectivity index (χ1n) is 6.95. The Labute approximate surface area is 151 Å². The molecule has 0 fully saturated rings. The Balaban J connectivity index is 2.53. The van der Waals surface area contributed by atoms with Crippen LogP contribution in [-0.4, -0.2) is 58.7 Å². The van der Waals surface area contributed by atoms with Crippen molar-refractivity contribution in [3.05, 3.63) is 48.0 Å². The zero-order valence-electron chi connectivity index (χ0n) is 13.0. The maximum absolute atomic E-state index is 12.5. The summed E-state index contributed by atoms with van der Waals surface area (Å²) >= 11 is 0.943. The Morgan fingerprint density at radius 2 is 1.50 bits per heavy atom. The molecule has 10 nitrogen and oxygen atoms in total. The molecule has 140 valence electrons. The van der Waals surface area contributed by atoms with E-state index >= 15 is 0 Å². The van der Waals surface area contributed by atoms with Crippen LogP contribution in [0.1, 0.15) is 10.4 Å². The van der Waals surface area contributed by atoms with Crippen LogP contribution in [0.5, 0.6) is 5.75 Å². The third-order valence-corrected chi connectivity index (χ3v) is 4.30. The van der Waals surface area contributed by atoms with Crippen molar-refractivity contribution in [2.45, 2.75) is 22.0 Å². The number of phenols is 1. The molecule has 11 heteroatoms. The molecule has 0 bridgehead atoms. The molecule has 9 N–H and O–H groups in total. The minimum Gasteiger partial charge on any atom is -0.508 e. The van der Waals surface area contributed by atoms with Gasteiger partial charge >= 0.3 is 12.2 Å². The summed E-state index contributed by atoms with van der Waals surface area (Å²) in [6.07, 6.45) is -8.23. The van der Waals surface area contributed by atoms with Crippen LogP contribution in [0, 0.1) is 0 Å². The first kappa shape index (κ1) is 19.9. The number of aromatic hydroxyl groups is 1. The zero-order chi connectivity index (χ0) is 19.7. The fourth-order valence-electron chi connectivity index (χ4n) is 2.06. The number of nitrogen functional groups attached to an aromatic ring is 1. The van der Waals surface area contributed by atoms with Gasteiger partial charge in [0, 0.05) is 15.5 Å². The molecule has 2 aromatic rings. The maximum Gasteiger partial charge on any atom is 0.378 e. The molecule has 0 atom stereocenters. The largest absolute Gasteiger partial charge is 0.508 e. The predicted octanol–water partition coefficient (Wildman–Crippen LogP) is -1.26. The average Bonchev–Trinajstić information content (AvgIpc) is 2.48. The number of nitrogens with two attached hydrogens (primary N) is 1. The number of carbonyl (C=O) groups is 1. The molecule has 0 heterocycles. The molecule has 0 aliphatic heterocycles. The van der Waals surface area contributed by atoms with Crippen molar-refractivity contribution in [3.8, 4) is 5.75 Å². The normalized spacial score (nSPS) is 12.1. The van der Waals surface area contributed by atoms with E-state index < -0.39 is 34.3 Å². The minimum absolute atomic E-state index is 0.101. The number of benzene rings is 2. The van der Waals surface area contributed by atoms with E-state index in [1.807, 2.05) is 0 Å². The Morgan fingerprint density at radius 3 is 2.04 bits per heavy atom. The number of carbonyl (C=O) groups excluding carboxylic acids is 1. The molecule has 2 rings (SSSR count). The highest BCUT2D eigenvalue weighted by molar-refractivity contribution is 7.99. The minimum atomic E-state index is -4.12. The van der Waals surface area contributed by atoms with E-state index in [0.29, 0.717) is 10.6 Å². The van der Waals surface area contributed by atoms with Gasteiger partial charge < -0.3 is 41.5 Å². The van der Waals surface area contributed by atoms with Crippen LogP contribution in [0.25, 0.3) is 0 Å². The van der Waals surface area contributed by atoms with Crippen LogP contribution >= 0.6 is 11.8 Å². The number of hydrogen-bond donors (Lipinski definition) is 8. The third kappa shape index (κ3) is 4.42. The van der Waals surface area contributed by atoms with Gasteiger partial charge in [-0.15, -0.1) is 0 Å². The van der Waals surface area contributed by atoms with E-state index in [2.05, 4.69) is 0 Å². The topological polar surface area (TPSA) is 188 Å². The summed E-state index contributed by atoms with van der Waals surface area (Å²) in [6, 6.07) is 9.94. The van der Waals surface area contributed by atoms with Crippen LogP contribution in [-0.2, 0) is 0 Å². The van der Waals surface area contributed by atoms with E-state index in [1.54, 1.807) is 24.3 Å². The molecule has 0 aromatic heterocycles. The van der Waals surface area contributed by atoms with Gasteiger partial charge in [0.05, 0.1) is 5.56 Å². The van der Waals surface area contributed by atoms with Gasteiger partial charge in [-0.3, -0.25) is 4.79 Å². The maximum atomic E-state index is 12.5. The molecule has 0 unspecified atom stereocenters. The van der Waals surface area contributed by atoms with Gasteiger partial charge in [0.25, 0.3) is 5.91 Å². The van der Waals surface area contributed by atoms with Gasteiger partial charge in [0.2, 0.25) is 0 Å². The van der Waals surface area contributed by atoms with Crippen molar-refractivity contribution in [1.82, 2.24) is 4.90 Å². The van der Waals surface area contributed by atoms with Crippen LogP contribution in [0.4, 0.5) is 5.69 Å². The molecule has 26 heavy (non-hydrogen) atoms. The molecule has 0 radical (unpaired) electrons. The molecule has 0 aliphatic carbocycles. The van der Waals surface area contributed by atoms with Crippen molar-refractivity contribution in [2.24, 2.45) is 0 Å². The number of anilines is 1. The van der Waals surface area contributed by atoms with E-state index in [9.17, 15) is 40.5 Å². The Hall–Kier alpha value is -2.38. The molecule has 0 spiro atoms. The number of hydrogen-bond acceptors (Lipinski definition) is 10. The lowest BCUT2D eigenvalue weighted by Crippen LogP contribution is -2.63. The molecule has 0 saturated heterocycles. The highest BCUT2D eigenvalue weighted by Crippen LogP contribution is 2.36. The van der Waals surface area contributed by atoms with Gasteiger partial charge in [-0.25, -0.2) is 0 Å². The summed E-state index contributed by atoms with van der Waals surface area (Å²) in [5, 5.41) is 64.7. The summed E-state index contributed by atoms with van der Waals surface area (Å²) in [7, 11) is 0. The second-order valence-electron chi connectivity index (χ2n) is 5.16. The van der Waals surface area contributed by atoms with Crippen LogP contribution < -0.4 is 5.73 Å². The molecule has 2 aromatic carbocycles. The van der Waals surface area contributed by atoms with Gasteiger partial charge in [-0.1, -0.05) is 23.9 Å². The van der Waals surface area contributed by atoms with Crippen LogP contribution in [0.3, 0.4) is 0 Å². The molecule has 1 amide bonds. The number of aliphatic hydroxyl groups is 6. The smallest absolute Gasteiger partial charge is 0.378 e. The molecular weight excluding hydrogens is 368 g/mol. The fourth-order valence-corrected chi connectivity index (χ4v) is 3.02. The first-order valence-corrected chi connectivity index (χ1v) is 7.77. The monoisotopic (exact) mass is 384 g/mol. The Kier molecular flexibility index (Phi) is 5.44. The summed E-state index contributed by atoms with van der Waals surface area (Å²) in [4.78, 5) is 12.3. The summed E-state index contributed by atoms with van der Waals surface area (Å²) in [6.45, 7) is 0. The predicted molar refractivity (Wildman–Crippen MR) is 88.0 cm³/mol. The standard InChI is InChI=1S/C15H16N2O8S/c16-10-3-1-2-4-12(10)26-11-6-5-8(18)7-9(11)13(19)17(14(20,21)22)15(23,24)25/h1-7,18,20-25H,16H2. The first-order chi connectivity index (χ1) is 11.9. The van der Waals surface area contributed by atoms with E-state index in [-0.39, 0.29) is 4.90 Å². The second-order valence-corrected chi connectivity index (χ2v) is 6.24. The van der Waals surface area contributed by atoms with Gasteiger partial charge in [0.1, 0.15) is 5.75 Å². The zero-order valence-corrected chi connectivity index (χ0v) is 13.8. The summed E-state index contributed by atoms with van der Waals surface area (Å²) in [5.41, 5.74) is 5.70. The van der Waals surface area contributed by atoms with Crippen LogP contribution in [0.2, 0.25) is 0 Å². The van der Waals surface area contributed by atoms with Crippen molar-refractivity contribution in [2.75, 3.05) is 5.73 Å². The molecular formula is C15H16N2O8S. The fraction of sp³-hybridized carbons (Fsp3) is 0.133. The number of para-hydroxylation sites is 1. The number of phenolic OH excluding ortho intramolecular Hbond substituents is 1. The molecule has 0 aliphatic rings. The van der Waals surface area contributed by atoms with E-state index in [1.165, 1.54) is 12.1 Å². The van der Waals surface area contributed by atoms with Crippen LogP contribution in [0.15, 0.2) is 52.3 Å². The lowest BCUT2D eigenvalue weighted by Gasteiger charge is -2.35. The van der Waals surface area contributed by atoms with Crippen molar-refractivity contribution in [1.29, 1.82) is 0 Å². The van der Waals surface area contributed by atoms with E-state index in [0.717, 1.165) is 17.8 Å². The second kappa shape index (κ2) is 7.09. The van der Waals surface area contributed by atoms with Crippen molar-refractivity contribution < 1.29 is 40.5 Å². The number of rotatable bonds is 5. The average molecular weight is 384 g/mol. The Bertz CT molecular complexity index is 802. The summed E-state index contributed by atoms with van der Waals surface area (Å²) in [5.74, 6) is -2.03. The highest BCUT2D eigenvalue weighted by atomic mass is 32.2. The lowest BCUT2D eigenvalue weighted by atomic mass is 10.2. The van der Waals surface area contributed by atoms with Gasteiger partial charge in [-0.05, 0) is 30.3 Å². The van der Waals surface area contributed by atoms with Crippen molar-refractivity contribution >= 4 is 23.4 Å². The highest BCUT2D eigenvalue weighted by Gasteiger charge is 2.48. The SMILES string of the molecule is Nc1ccccc1Sc1ccc(O)cc1C(=O)N(C(O)(O)O)C(O)(O)O. The number of nitrogens with zero attached hydrogens (tertiary/aromatic N) is 1. The Morgan fingerprint density at radius 1 is 0.923 bits per heavy atom. The van der Waals surface area contributed by atoms with E-state index in [4.69, 9.17) is 5.73 Å². The lowest BCUT2D eigenvalue weighted by molar-refractivity contribution is -0.491. The number of amides is 1. The molecule has 0 saturated carbocycles. The van der Waals surface area contributed by atoms with Gasteiger partial charge in [0.15, 0.2) is 0 Å². The summed E-state index contributed by atoms with van der Waals surface area (Å²) < 4.78 is 0. The third-order valence-electron chi connectivity index (χ3n) is 3.14.